The van der Waals surface area contributed by atoms with Gasteiger partial charge in [-0.05, 0) is 19.4 Å². The Balaban J connectivity index is 4.52. The van der Waals surface area contributed by atoms with Crippen molar-refractivity contribution in [3.05, 3.63) is 12.7 Å². The molecule has 6 heteroatoms. The molecule has 0 spiro atoms. The number of hydrogen-bond acceptors (Lipinski definition) is 5. The topological polar surface area (TPSA) is 54.0 Å². The SMILES string of the molecule is C=CC(=O)[C@@H](C)O[Si](OC)(OC)OCCC. The summed E-state index contributed by atoms with van der Waals surface area (Å²) in [5, 5.41) is 0. The van der Waals surface area contributed by atoms with E-state index in [1.807, 2.05) is 6.92 Å². The lowest BCUT2D eigenvalue weighted by atomic mass is 10.3. The van der Waals surface area contributed by atoms with Gasteiger partial charge in [0.25, 0.3) is 0 Å². The summed E-state index contributed by atoms with van der Waals surface area (Å²) in [6.07, 6.45) is 1.34. The third-order valence-electron chi connectivity index (χ3n) is 1.91. The first kappa shape index (κ1) is 15.5. The molecule has 5 nitrogen and oxygen atoms in total. The third kappa shape index (κ3) is 4.54. The fraction of sp³-hybridized carbons (Fsp3) is 0.700. The van der Waals surface area contributed by atoms with Gasteiger partial charge in [0, 0.05) is 20.8 Å². The summed E-state index contributed by atoms with van der Waals surface area (Å²) in [7, 11) is -0.293. The second-order valence-corrected chi connectivity index (χ2v) is 5.46. The van der Waals surface area contributed by atoms with Crippen molar-refractivity contribution in [3.8, 4) is 0 Å². The lowest BCUT2D eigenvalue weighted by molar-refractivity contribution is -0.125. The summed E-state index contributed by atoms with van der Waals surface area (Å²) < 4.78 is 21.2. The lowest BCUT2D eigenvalue weighted by Gasteiger charge is -2.27. The maximum Gasteiger partial charge on any atom is 0.679 e. The van der Waals surface area contributed by atoms with E-state index in [4.69, 9.17) is 17.7 Å². The van der Waals surface area contributed by atoms with Crippen LogP contribution in [0.1, 0.15) is 20.3 Å². The first-order chi connectivity index (χ1) is 7.55. The van der Waals surface area contributed by atoms with Gasteiger partial charge in [-0.1, -0.05) is 13.5 Å². The van der Waals surface area contributed by atoms with Crippen molar-refractivity contribution in [2.75, 3.05) is 20.8 Å². The predicted octanol–water partition coefficient (Wildman–Crippen LogP) is 1.30. The third-order valence-corrected chi connectivity index (χ3v) is 4.11. The normalized spacial score (nSPS) is 13.5. The van der Waals surface area contributed by atoms with Crippen LogP contribution in [0.3, 0.4) is 0 Å². The highest BCUT2D eigenvalue weighted by atomic mass is 28.4. The number of carbonyl (C=O) groups is 1. The smallest absolute Gasteiger partial charge is 0.355 e. The van der Waals surface area contributed by atoms with Crippen molar-refractivity contribution in [1.82, 2.24) is 0 Å². The van der Waals surface area contributed by atoms with Crippen molar-refractivity contribution >= 4 is 14.8 Å². The number of rotatable bonds is 9. The maximum atomic E-state index is 11.3. The summed E-state index contributed by atoms with van der Waals surface area (Å²) in [5.74, 6) is -0.230. The van der Waals surface area contributed by atoms with Crippen LogP contribution in [0, 0.1) is 0 Å². The minimum Gasteiger partial charge on any atom is -0.355 e. The Kier molecular flexibility index (Phi) is 7.44. The van der Waals surface area contributed by atoms with E-state index in [9.17, 15) is 4.79 Å². The van der Waals surface area contributed by atoms with Crippen LogP contribution in [0.25, 0.3) is 0 Å². The molecule has 0 bridgehead atoms. The molecule has 0 saturated carbocycles. The number of ketones is 1. The van der Waals surface area contributed by atoms with E-state index in [1.165, 1.54) is 20.3 Å². The summed E-state index contributed by atoms with van der Waals surface area (Å²) in [6, 6.07) is 0. The van der Waals surface area contributed by atoms with E-state index < -0.39 is 15.2 Å². The van der Waals surface area contributed by atoms with E-state index in [2.05, 4.69) is 6.58 Å². The van der Waals surface area contributed by atoms with Gasteiger partial charge in [-0.3, -0.25) is 4.79 Å². The average molecular weight is 248 g/mol. The zero-order valence-electron chi connectivity index (χ0n) is 10.3. The van der Waals surface area contributed by atoms with Gasteiger partial charge in [-0.15, -0.1) is 0 Å². The first-order valence-corrected chi connectivity index (χ1v) is 6.76. The average Bonchev–Trinajstić information content (AvgIpc) is 2.33. The highest BCUT2D eigenvalue weighted by molar-refractivity contribution is 6.53. The largest absolute Gasteiger partial charge is 0.679 e. The number of carbonyl (C=O) groups excluding carboxylic acids is 1. The molecule has 0 amide bonds. The van der Waals surface area contributed by atoms with Crippen LogP contribution in [0.2, 0.25) is 0 Å². The molecule has 0 heterocycles. The molecule has 0 aromatic rings. The van der Waals surface area contributed by atoms with Gasteiger partial charge in [0.05, 0.1) is 0 Å². The van der Waals surface area contributed by atoms with Gasteiger partial charge in [0.2, 0.25) is 0 Å². The second kappa shape index (κ2) is 7.69. The van der Waals surface area contributed by atoms with E-state index in [0.29, 0.717) is 6.61 Å². The fourth-order valence-corrected chi connectivity index (χ4v) is 2.67. The molecule has 0 aliphatic heterocycles. The van der Waals surface area contributed by atoms with E-state index >= 15 is 0 Å². The van der Waals surface area contributed by atoms with E-state index in [0.717, 1.165) is 6.42 Å². The molecular formula is C10H20O5Si. The van der Waals surface area contributed by atoms with Crippen molar-refractivity contribution in [1.29, 1.82) is 0 Å². The van der Waals surface area contributed by atoms with Crippen LogP contribution in [-0.2, 0) is 22.5 Å². The molecule has 1 atom stereocenters. The molecule has 0 rings (SSSR count). The van der Waals surface area contributed by atoms with E-state index in [-0.39, 0.29) is 5.78 Å². The van der Waals surface area contributed by atoms with Crippen LogP contribution in [-0.4, -0.2) is 41.8 Å². The minimum atomic E-state index is -3.18. The molecule has 0 fully saturated rings. The van der Waals surface area contributed by atoms with Crippen LogP contribution in [0.5, 0.6) is 0 Å². The minimum absolute atomic E-state index is 0.230. The zero-order valence-corrected chi connectivity index (χ0v) is 11.3. The molecule has 16 heavy (non-hydrogen) atoms. The van der Waals surface area contributed by atoms with Crippen LogP contribution >= 0.6 is 0 Å². The van der Waals surface area contributed by atoms with Crippen molar-refractivity contribution in [3.63, 3.8) is 0 Å². The van der Waals surface area contributed by atoms with E-state index in [1.54, 1.807) is 6.92 Å². The van der Waals surface area contributed by atoms with Gasteiger partial charge in [-0.25, -0.2) is 0 Å². The molecule has 0 aromatic carbocycles. The Hall–Kier alpha value is -0.533. The highest BCUT2D eigenvalue weighted by Crippen LogP contribution is 2.13. The fourth-order valence-electron chi connectivity index (χ4n) is 0.999. The standard InChI is InChI=1S/C10H20O5Si/c1-6-8-14-16(12-4,13-5)15-9(3)10(11)7-2/h7,9H,2,6,8H2,1,3-5H3/t9-/m1/s1. The van der Waals surface area contributed by atoms with Gasteiger partial charge in [0.15, 0.2) is 5.78 Å². The molecule has 0 N–H and O–H groups in total. The molecule has 94 valence electrons. The van der Waals surface area contributed by atoms with Crippen molar-refractivity contribution in [2.24, 2.45) is 0 Å². The summed E-state index contributed by atoms with van der Waals surface area (Å²) in [6.45, 7) is 7.42. The van der Waals surface area contributed by atoms with Crippen molar-refractivity contribution in [2.45, 2.75) is 26.4 Å². The van der Waals surface area contributed by atoms with Crippen LogP contribution < -0.4 is 0 Å². The number of hydrogen-bond donors (Lipinski definition) is 0. The monoisotopic (exact) mass is 248 g/mol. The Bertz CT molecular complexity index is 227. The molecule has 0 unspecified atom stereocenters. The van der Waals surface area contributed by atoms with Crippen molar-refractivity contribution < 1.29 is 22.5 Å². The maximum absolute atomic E-state index is 11.3. The summed E-state index contributed by atoms with van der Waals surface area (Å²) in [4.78, 5) is 11.3. The Morgan fingerprint density at radius 3 is 2.38 bits per heavy atom. The Morgan fingerprint density at radius 2 is 2.00 bits per heavy atom. The Labute approximate surface area is 97.8 Å². The Morgan fingerprint density at radius 1 is 1.44 bits per heavy atom. The lowest BCUT2D eigenvalue weighted by Crippen LogP contribution is -2.50. The molecule has 0 aliphatic carbocycles. The summed E-state index contributed by atoms with van der Waals surface area (Å²) in [5.41, 5.74) is 0. The molecule has 0 aliphatic rings. The second-order valence-electron chi connectivity index (χ2n) is 3.12. The van der Waals surface area contributed by atoms with Gasteiger partial charge in [0.1, 0.15) is 6.10 Å². The molecule has 0 saturated heterocycles. The first-order valence-electron chi connectivity index (χ1n) is 5.13. The van der Waals surface area contributed by atoms with Crippen LogP contribution in [0.15, 0.2) is 12.7 Å². The summed E-state index contributed by atoms with van der Waals surface area (Å²) >= 11 is 0. The van der Waals surface area contributed by atoms with Crippen LogP contribution in [0.4, 0.5) is 0 Å². The predicted molar refractivity (Wildman–Crippen MR) is 61.8 cm³/mol. The highest BCUT2D eigenvalue weighted by Gasteiger charge is 2.45. The van der Waals surface area contributed by atoms with Gasteiger partial charge in [-0.2, -0.15) is 0 Å². The molecule has 0 radical (unpaired) electrons. The molecule has 0 aromatic heterocycles. The molecular weight excluding hydrogens is 228 g/mol. The van der Waals surface area contributed by atoms with Gasteiger partial charge < -0.3 is 17.7 Å². The van der Waals surface area contributed by atoms with Gasteiger partial charge >= 0.3 is 9.05 Å². The quantitative estimate of drug-likeness (QED) is 0.455. The zero-order chi connectivity index (χ0) is 12.6.